The van der Waals surface area contributed by atoms with Gasteiger partial charge in [0, 0.05) is 33.3 Å². The lowest BCUT2D eigenvalue weighted by atomic mass is 10.1. The van der Waals surface area contributed by atoms with Crippen LogP contribution in [0.5, 0.6) is 17.2 Å². The Morgan fingerprint density at radius 1 is 1.04 bits per heavy atom. The normalized spacial score (nSPS) is 10.8. The quantitative estimate of drug-likeness (QED) is 0.373. The van der Waals surface area contributed by atoms with Crippen molar-refractivity contribution < 1.29 is 14.2 Å². The van der Waals surface area contributed by atoms with Crippen LogP contribution in [-0.4, -0.2) is 33.6 Å². The van der Waals surface area contributed by atoms with Gasteiger partial charge in [-0.2, -0.15) is 0 Å². The minimum atomic E-state index is 0.604. The molecule has 0 heterocycles. The first kappa shape index (κ1) is 20.5. The van der Waals surface area contributed by atoms with Crippen molar-refractivity contribution in [2.45, 2.75) is 11.8 Å². The van der Waals surface area contributed by atoms with Gasteiger partial charge in [-0.3, -0.25) is 0 Å². The minimum Gasteiger partial charge on any atom is -0.493 e. The van der Waals surface area contributed by atoms with Crippen LogP contribution in [-0.2, 0) is 0 Å². The molecule has 6 heteroatoms. The first-order valence-corrected chi connectivity index (χ1v) is 9.95. The third-order valence-electron chi connectivity index (χ3n) is 3.74. The van der Waals surface area contributed by atoms with Crippen molar-refractivity contribution in [3.63, 3.8) is 0 Å². The zero-order valence-electron chi connectivity index (χ0n) is 15.5. The highest BCUT2D eigenvalue weighted by molar-refractivity contribution is 9.10. The molecular formula is C20H24BrNO3S. The number of halogens is 1. The summed E-state index contributed by atoms with van der Waals surface area (Å²) < 4.78 is 18.2. The maximum Gasteiger partial charge on any atom is 0.203 e. The third-order valence-corrected chi connectivity index (χ3v) is 5.64. The van der Waals surface area contributed by atoms with Crippen molar-refractivity contribution in [2.75, 3.05) is 37.6 Å². The second kappa shape index (κ2) is 10.4. The van der Waals surface area contributed by atoms with Gasteiger partial charge in [0.1, 0.15) is 0 Å². The van der Waals surface area contributed by atoms with Gasteiger partial charge >= 0.3 is 0 Å². The summed E-state index contributed by atoms with van der Waals surface area (Å²) in [5.74, 6) is 2.77. The summed E-state index contributed by atoms with van der Waals surface area (Å²) in [7, 11) is 4.85. The predicted octanol–water partition coefficient (Wildman–Crippen LogP) is 5.65. The van der Waals surface area contributed by atoms with E-state index in [1.165, 1.54) is 10.6 Å². The molecule has 0 aliphatic carbocycles. The first-order chi connectivity index (χ1) is 12.6. The second-order valence-corrected chi connectivity index (χ2v) is 7.24. The molecule has 0 aromatic heterocycles. The maximum atomic E-state index is 5.39. The fourth-order valence-electron chi connectivity index (χ4n) is 2.47. The van der Waals surface area contributed by atoms with Crippen LogP contribution >= 0.6 is 27.9 Å². The molecule has 0 aliphatic heterocycles. The number of thioether (sulfide) groups is 1. The van der Waals surface area contributed by atoms with Crippen LogP contribution in [0.15, 0.2) is 47.4 Å². The fourth-order valence-corrected chi connectivity index (χ4v) is 3.77. The molecule has 0 N–H and O–H groups in total. The molecule has 0 radical (unpaired) electrons. The molecule has 0 spiro atoms. The van der Waals surface area contributed by atoms with Crippen LogP contribution in [0.4, 0.5) is 5.69 Å². The van der Waals surface area contributed by atoms with Gasteiger partial charge in [0.25, 0.3) is 0 Å². The van der Waals surface area contributed by atoms with E-state index in [0.29, 0.717) is 17.2 Å². The number of anilines is 1. The van der Waals surface area contributed by atoms with E-state index in [2.05, 4.69) is 63.4 Å². The number of rotatable bonds is 9. The Morgan fingerprint density at radius 2 is 1.69 bits per heavy atom. The van der Waals surface area contributed by atoms with E-state index in [0.717, 1.165) is 17.9 Å². The molecule has 0 saturated heterocycles. The van der Waals surface area contributed by atoms with Crippen molar-refractivity contribution >= 4 is 39.7 Å². The summed E-state index contributed by atoms with van der Waals surface area (Å²) in [4.78, 5) is 1.24. The number of benzene rings is 2. The Morgan fingerprint density at radius 3 is 2.27 bits per heavy atom. The van der Waals surface area contributed by atoms with Crippen molar-refractivity contribution in [1.82, 2.24) is 0 Å². The number of nitrogens with zero attached hydrogens (tertiary/aromatic N) is 1. The lowest BCUT2D eigenvalue weighted by Crippen LogP contribution is -2.08. The molecule has 0 saturated carbocycles. The number of hydrogen-bond acceptors (Lipinski definition) is 5. The van der Waals surface area contributed by atoms with E-state index < -0.39 is 0 Å². The molecule has 4 nitrogen and oxygen atoms in total. The highest BCUT2D eigenvalue weighted by atomic mass is 79.9. The van der Waals surface area contributed by atoms with Crippen LogP contribution in [0.1, 0.15) is 12.5 Å². The third kappa shape index (κ3) is 5.11. The maximum absolute atomic E-state index is 5.39. The van der Waals surface area contributed by atoms with E-state index in [1.54, 1.807) is 33.1 Å². The molecule has 0 amide bonds. The van der Waals surface area contributed by atoms with Gasteiger partial charge in [-0.25, -0.2) is 0 Å². The first-order valence-electron chi connectivity index (χ1n) is 8.26. The van der Waals surface area contributed by atoms with Crippen LogP contribution in [0, 0.1) is 0 Å². The number of hydrogen-bond donors (Lipinski definition) is 0. The van der Waals surface area contributed by atoms with Crippen molar-refractivity contribution in [3.05, 3.63) is 48.0 Å². The Balaban J connectivity index is 2.10. The smallest absolute Gasteiger partial charge is 0.203 e. The number of ether oxygens (including phenoxy) is 3. The summed E-state index contributed by atoms with van der Waals surface area (Å²) in [5, 5.41) is 0. The van der Waals surface area contributed by atoms with Gasteiger partial charge < -0.3 is 18.1 Å². The summed E-state index contributed by atoms with van der Waals surface area (Å²) in [5.41, 5.74) is 2.19. The summed E-state index contributed by atoms with van der Waals surface area (Å²) >= 11 is 5.38. The Hall–Kier alpha value is -1.79. The van der Waals surface area contributed by atoms with E-state index >= 15 is 0 Å². The number of methoxy groups -OCH3 is 3. The SMILES string of the molecule is CCN(Br)c1ccccc1SC/C=C/c1cc(OC)c(OC)c(OC)c1. The second-order valence-electron chi connectivity index (χ2n) is 5.32. The number of para-hydroxylation sites is 1. The molecule has 140 valence electrons. The highest BCUT2D eigenvalue weighted by Gasteiger charge is 2.12. The Kier molecular flexibility index (Phi) is 8.19. The van der Waals surface area contributed by atoms with Gasteiger partial charge in [0.05, 0.1) is 27.0 Å². The van der Waals surface area contributed by atoms with Crippen LogP contribution < -0.4 is 18.1 Å². The van der Waals surface area contributed by atoms with Crippen molar-refractivity contribution in [1.29, 1.82) is 0 Å². The highest BCUT2D eigenvalue weighted by Crippen LogP contribution is 2.38. The lowest BCUT2D eigenvalue weighted by molar-refractivity contribution is 0.324. The van der Waals surface area contributed by atoms with Gasteiger partial charge in [-0.1, -0.05) is 24.3 Å². The summed E-state index contributed by atoms with van der Waals surface area (Å²) in [6, 6.07) is 12.2. The van der Waals surface area contributed by atoms with Gasteiger partial charge in [0.15, 0.2) is 11.5 Å². The molecule has 26 heavy (non-hydrogen) atoms. The van der Waals surface area contributed by atoms with Crippen molar-refractivity contribution in [2.24, 2.45) is 0 Å². The standard InChI is InChI=1S/C20H24BrNO3S/c1-5-22(21)16-10-6-7-11-19(16)26-12-8-9-15-13-17(23-2)20(25-4)18(14-15)24-3/h6-11,13-14H,5,12H2,1-4H3/b9-8+. The van der Waals surface area contributed by atoms with E-state index in [1.807, 2.05) is 12.1 Å². The van der Waals surface area contributed by atoms with E-state index in [-0.39, 0.29) is 0 Å². The van der Waals surface area contributed by atoms with E-state index in [4.69, 9.17) is 14.2 Å². The monoisotopic (exact) mass is 437 g/mol. The van der Waals surface area contributed by atoms with Crippen molar-refractivity contribution in [3.8, 4) is 17.2 Å². The molecule has 2 aromatic rings. The van der Waals surface area contributed by atoms with Gasteiger partial charge in [-0.05, 0) is 36.8 Å². The van der Waals surface area contributed by atoms with Crippen LogP contribution in [0.2, 0.25) is 0 Å². The van der Waals surface area contributed by atoms with Crippen LogP contribution in [0.3, 0.4) is 0 Å². The Labute approximate surface area is 168 Å². The average Bonchev–Trinajstić information content (AvgIpc) is 2.69. The topological polar surface area (TPSA) is 30.9 Å². The zero-order chi connectivity index (χ0) is 18.9. The zero-order valence-corrected chi connectivity index (χ0v) is 17.9. The minimum absolute atomic E-state index is 0.604. The molecule has 0 bridgehead atoms. The molecule has 0 fully saturated rings. The fraction of sp³-hybridized carbons (Fsp3) is 0.300. The molecule has 0 unspecified atom stereocenters. The average molecular weight is 438 g/mol. The van der Waals surface area contributed by atoms with Gasteiger partial charge in [-0.15, -0.1) is 11.8 Å². The molecule has 2 rings (SSSR count). The van der Waals surface area contributed by atoms with Gasteiger partial charge in [0.2, 0.25) is 5.75 Å². The summed E-state index contributed by atoms with van der Waals surface area (Å²) in [6.45, 7) is 3.01. The van der Waals surface area contributed by atoms with E-state index in [9.17, 15) is 0 Å². The predicted molar refractivity (Wildman–Crippen MR) is 114 cm³/mol. The molecule has 2 aromatic carbocycles. The lowest BCUT2D eigenvalue weighted by Gasteiger charge is -2.17. The molecule has 0 atom stereocenters. The summed E-state index contributed by atoms with van der Waals surface area (Å²) in [6.07, 6.45) is 4.19. The van der Waals surface area contributed by atoms with Crippen LogP contribution in [0.25, 0.3) is 6.08 Å². The molecular weight excluding hydrogens is 414 g/mol. The molecule has 0 aliphatic rings. The largest absolute Gasteiger partial charge is 0.493 e. The Bertz CT molecular complexity index is 727.